The summed E-state index contributed by atoms with van der Waals surface area (Å²) in [6, 6.07) is 6.88. The Hall–Kier alpha value is -1.31. The van der Waals surface area contributed by atoms with Crippen molar-refractivity contribution in [3.8, 4) is 0 Å². The molecule has 1 aromatic carbocycles. The maximum atomic E-state index is 10.7. The zero-order valence-corrected chi connectivity index (χ0v) is 9.79. The van der Waals surface area contributed by atoms with E-state index in [9.17, 15) is 4.79 Å². The first-order valence-electron chi connectivity index (χ1n) is 5.06. The monoisotopic (exact) mass is 195 g/mol. The Bertz CT molecular complexity index is 239. The van der Waals surface area contributed by atoms with Gasteiger partial charge >= 0.3 is 0 Å². The first kappa shape index (κ1) is 15.2. The highest BCUT2D eigenvalue weighted by atomic mass is 16.1. The van der Waals surface area contributed by atoms with Crippen molar-refractivity contribution in [2.45, 2.75) is 34.6 Å². The molecular weight excluding hydrogens is 174 g/mol. The summed E-state index contributed by atoms with van der Waals surface area (Å²) >= 11 is 0. The Balaban J connectivity index is 0. The average Bonchev–Trinajstić information content (AvgIpc) is 2.24. The largest absolute Gasteiger partial charge is 0.399 e. The summed E-state index contributed by atoms with van der Waals surface area (Å²) in [7, 11) is 0. The number of rotatable bonds is 1. The number of benzene rings is 1. The van der Waals surface area contributed by atoms with Crippen molar-refractivity contribution in [1.29, 1.82) is 0 Å². The number of hydrogen-bond donors (Lipinski definition) is 1. The van der Waals surface area contributed by atoms with Crippen LogP contribution in [-0.4, -0.2) is 5.78 Å². The Morgan fingerprint density at radius 1 is 1.00 bits per heavy atom. The van der Waals surface area contributed by atoms with Crippen molar-refractivity contribution < 1.29 is 4.79 Å². The maximum Gasteiger partial charge on any atom is 0.159 e. The van der Waals surface area contributed by atoms with Crippen LogP contribution >= 0.6 is 0 Å². The molecule has 0 bridgehead atoms. The molecule has 0 spiro atoms. The van der Waals surface area contributed by atoms with Crippen LogP contribution in [-0.2, 0) is 0 Å². The fourth-order valence-electron chi connectivity index (χ4n) is 0.718. The number of nitrogens with two attached hydrogens (primary N) is 1. The fraction of sp³-hybridized carbons (Fsp3) is 0.417. The number of Topliss-reactive ketones (excluding diaryl/α,β-unsaturated/α-hetero) is 1. The van der Waals surface area contributed by atoms with Crippen LogP contribution < -0.4 is 5.73 Å². The highest BCUT2D eigenvalue weighted by Gasteiger charge is 1.95. The minimum Gasteiger partial charge on any atom is -0.399 e. The van der Waals surface area contributed by atoms with Gasteiger partial charge in [-0.3, -0.25) is 4.79 Å². The first-order valence-corrected chi connectivity index (χ1v) is 5.06. The lowest BCUT2D eigenvalue weighted by molar-refractivity contribution is 0.101. The summed E-state index contributed by atoms with van der Waals surface area (Å²) in [5.41, 5.74) is 6.80. The molecule has 0 heterocycles. The van der Waals surface area contributed by atoms with Crippen molar-refractivity contribution in [1.82, 2.24) is 0 Å². The van der Waals surface area contributed by atoms with E-state index in [-0.39, 0.29) is 5.78 Å². The van der Waals surface area contributed by atoms with Gasteiger partial charge in [-0.1, -0.05) is 27.7 Å². The van der Waals surface area contributed by atoms with E-state index in [4.69, 9.17) is 5.73 Å². The van der Waals surface area contributed by atoms with Crippen molar-refractivity contribution in [3.63, 3.8) is 0 Å². The summed E-state index contributed by atoms with van der Waals surface area (Å²) in [5.74, 6) is 0.0694. The molecule has 1 rings (SSSR count). The fourth-order valence-corrected chi connectivity index (χ4v) is 0.718. The molecule has 80 valence electrons. The molecule has 0 atom stereocenters. The molecule has 0 aromatic heterocycles. The molecule has 0 aliphatic carbocycles. The van der Waals surface area contributed by atoms with Crippen LogP contribution in [0.1, 0.15) is 45.0 Å². The topological polar surface area (TPSA) is 43.1 Å². The number of ketones is 1. The quantitative estimate of drug-likeness (QED) is 0.550. The molecule has 14 heavy (non-hydrogen) atoms. The van der Waals surface area contributed by atoms with E-state index >= 15 is 0 Å². The second-order valence-corrected chi connectivity index (χ2v) is 2.18. The lowest BCUT2D eigenvalue weighted by Gasteiger charge is -1.94. The summed E-state index contributed by atoms with van der Waals surface area (Å²) < 4.78 is 0. The Kier molecular flexibility index (Phi) is 10.6. The third-order valence-corrected chi connectivity index (χ3v) is 1.32. The van der Waals surface area contributed by atoms with Crippen LogP contribution in [0.4, 0.5) is 5.69 Å². The molecule has 1 aromatic rings. The van der Waals surface area contributed by atoms with E-state index in [0.29, 0.717) is 11.3 Å². The van der Waals surface area contributed by atoms with E-state index in [2.05, 4.69) is 0 Å². The van der Waals surface area contributed by atoms with Gasteiger partial charge in [0, 0.05) is 11.3 Å². The standard InChI is InChI=1S/C8H9NO.2C2H6/c1-6(10)7-2-4-8(9)5-3-7;2*1-2/h2-5H,9H2,1H3;2*1-2H3. The van der Waals surface area contributed by atoms with Crippen molar-refractivity contribution in [2.75, 3.05) is 5.73 Å². The zero-order valence-electron chi connectivity index (χ0n) is 9.79. The second kappa shape index (κ2) is 9.78. The number of anilines is 1. The van der Waals surface area contributed by atoms with Gasteiger partial charge in [-0.15, -0.1) is 0 Å². The normalized spacial score (nSPS) is 7.50. The molecule has 0 fully saturated rings. The second-order valence-electron chi connectivity index (χ2n) is 2.18. The minimum atomic E-state index is 0.0694. The zero-order chi connectivity index (χ0) is 11.6. The lowest BCUT2D eigenvalue weighted by atomic mass is 10.1. The summed E-state index contributed by atoms with van der Waals surface area (Å²) in [5, 5.41) is 0. The molecule has 0 aliphatic rings. The molecule has 2 N–H and O–H groups in total. The highest BCUT2D eigenvalue weighted by molar-refractivity contribution is 5.94. The van der Waals surface area contributed by atoms with Crippen LogP contribution in [0.5, 0.6) is 0 Å². The molecule has 2 heteroatoms. The van der Waals surface area contributed by atoms with Crippen molar-refractivity contribution in [3.05, 3.63) is 29.8 Å². The Labute approximate surface area is 87.1 Å². The predicted octanol–water partition coefficient (Wildman–Crippen LogP) is 3.52. The van der Waals surface area contributed by atoms with Gasteiger partial charge in [-0.25, -0.2) is 0 Å². The van der Waals surface area contributed by atoms with E-state index in [1.807, 2.05) is 27.7 Å². The average molecular weight is 195 g/mol. The number of nitrogen functional groups attached to an aromatic ring is 1. The van der Waals surface area contributed by atoms with Crippen LogP contribution in [0, 0.1) is 0 Å². The first-order chi connectivity index (χ1) is 6.70. The molecule has 0 saturated carbocycles. The molecular formula is C12H21NO. The van der Waals surface area contributed by atoms with Gasteiger partial charge < -0.3 is 5.73 Å². The van der Waals surface area contributed by atoms with Gasteiger partial charge in [0.05, 0.1) is 0 Å². The number of carbonyl (C=O) groups is 1. The summed E-state index contributed by atoms with van der Waals surface area (Å²) in [6.07, 6.45) is 0. The van der Waals surface area contributed by atoms with Crippen molar-refractivity contribution in [2.24, 2.45) is 0 Å². The minimum absolute atomic E-state index is 0.0694. The molecule has 0 amide bonds. The summed E-state index contributed by atoms with van der Waals surface area (Å²) in [6.45, 7) is 9.53. The molecule has 0 unspecified atom stereocenters. The van der Waals surface area contributed by atoms with Gasteiger partial charge in [0.25, 0.3) is 0 Å². The Morgan fingerprint density at radius 3 is 1.64 bits per heavy atom. The molecule has 2 nitrogen and oxygen atoms in total. The lowest BCUT2D eigenvalue weighted by Crippen LogP contribution is -1.91. The van der Waals surface area contributed by atoms with Gasteiger partial charge in [-0.05, 0) is 31.2 Å². The molecule has 0 saturated heterocycles. The summed E-state index contributed by atoms with van der Waals surface area (Å²) in [4.78, 5) is 10.7. The van der Waals surface area contributed by atoms with E-state index in [1.165, 1.54) is 6.92 Å². The van der Waals surface area contributed by atoms with Crippen molar-refractivity contribution >= 4 is 11.5 Å². The van der Waals surface area contributed by atoms with E-state index in [0.717, 1.165) is 0 Å². The van der Waals surface area contributed by atoms with Crippen LogP contribution in [0.2, 0.25) is 0 Å². The van der Waals surface area contributed by atoms with Gasteiger partial charge in [0.15, 0.2) is 5.78 Å². The molecule has 0 aliphatic heterocycles. The Morgan fingerprint density at radius 2 is 1.36 bits per heavy atom. The van der Waals surface area contributed by atoms with E-state index < -0.39 is 0 Å². The third kappa shape index (κ3) is 6.23. The number of carbonyl (C=O) groups excluding carboxylic acids is 1. The smallest absolute Gasteiger partial charge is 0.159 e. The molecule has 0 radical (unpaired) electrons. The highest BCUT2D eigenvalue weighted by Crippen LogP contribution is 2.05. The van der Waals surface area contributed by atoms with Gasteiger partial charge in [0.1, 0.15) is 0 Å². The van der Waals surface area contributed by atoms with Crippen LogP contribution in [0.3, 0.4) is 0 Å². The SMILES string of the molecule is CC.CC.CC(=O)c1ccc(N)cc1. The van der Waals surface area contributed by atoms with E-state index in [1.54, 1.807) is 24.3 Å². The van der Waals surface area contributed by atoms with Crippen LogP contribution in [0.15, 0.2) is 24.3 Å². The van der Waals surface area contributed by atoms with Gasteiger partial charge in [-0.2, -0.15) is 0 Å². The van der Waals surface area contributed by atoms with Gasteiger partial charge in [0.2, 0.25) is 0 Å². The number of hydrogen-bond acceptors (Lipinski definition) is 2. The predicted molar refractivity (Wildman–Crippen MR) is 63.6 cm³/mol. The van der Waals surface area contributed by atoms with Crippen LogP contribution in [0.25, 0.3) is 0 Å². The maximum absolute atomic E-state index is 10.7. The third-order valence-electron chi connectivity index (χ3n) is 1.32.